The van der Waals surface area contributed by atoms with Crippen LogP contribution in [0.5, 0.6) is 5.75 Å². The van der Waals surface area contributed by atoms with Gasteiger partial charge in [-0.05, 0) is 33.0 Å². The summed E-state index contributed by atoms with van der Waals surface area (Å²) in [6.45, 7) is 3.85. The molecule has 0 amide bonds. The fourth-order valence-electron chi connectivity index (χ4n) is 2.30. The minimum absolute atomic E-state index is 0.000938. The summed E-state index contributed by atoms with van der Waals surface area (Å²) in [6.07, 6.45) is 0.000938. The van der Waals surface area contributed by atoms with Gasteiger partial charge in [-0.1, -0.05) is 30.3 Å². The van der Waals surface area contributed by atoms with Crippen molar-refractivity contribution < 1.29 is 13.5 Å². The minimum atomic E-state index is -0.852. The summed E-state index contributed by atoms with van der Waals surface area (Å²) < 4.78 is 33.3. The molecule has 0 saturated heterocycles. The van der Waals surface area contributed by atoms with Gasteiger partial charge in [0, 0.05) is 11.1 Å². The summed E-state index contributed by atoms with van der Waals surface area (Å²) >= 11 is 0. The number of benzene rings is 2. The standard InChI is InChI=1S/C17H19F2NO/c1-11(2)21-15-10-5-4-7-12(15)17(20-3)13-8-6-9-14(18)16(13)19/h4-11,17,20H,1-3H3. The van der Waals surface area contributed by atoms with Gasteiger partial charge in [0.2, 0.25) is 0 Å². The summed E-state index contributed by atoms with van der Waals surface area (Å²) in [7, 11) is 1.71. The van der Waals surface area contributed by atoms with E-state index in [1.165, 1.54) is 6.07 Å². The number of hydrogen-bond acceptors (Lipinski definition) is 2. The Labute approximate surface area is 123 Å². The molecule has 0 aliphatic rings. The maximum Gasteiger partial charge on any atom is 0.163 e. The average molecular weight is 291 g/mol. The van der Waals surface area contributed by atoms with E-state index in [0.29, 0.717) is 5.75 Å². The first-order chi connectivity index (χ1) is 10.0. The van der Waals surface area contributed by atoms with Gasteiger partial charge in [-0.2, -0.15) is 0 Å². The van der Waals surface area contributed by atoms with Crippen molar-refractivity contribution in [3.8, 4) is 5.75 Å². The Morgan fingerprint density at radius 1 is 0.952 bits per heavy atom. The van der Waals surface area contributed by atoms with E-state index in [2.05, 4.69) is 5.32 Å². The number of para-hydroxylation sites is 1. The van der Waals surface area contributed by atoms with Crippen molar-refractivity contribution in [2.75, 3.05) is 7.05 Å². The predicted octanol–water partition coefficient (Wildman–Crippen LogP) is 4.06. The Bertz CT molecular complexity index is 613. The molecule has 2 rings (SSSR count). The lowest BCUT2D eigenvalue weighted by Crippen LogP contribution is -2.21. The van der Waals surface area contributed by atoms with Crippen molar-refractivity contribution in [3.05, 3.63) is 65.2 Å². The predicted molar refractivity (Wildman–Crippen MR) is 79.5 cm³/mol. The third-order valence-electron chi connectivity index (χ3n) is 3.17. The number of nitrogens with one attached hydrogen (secondary N) is 1. The molecule has 0 heterocycles. The lowest BCUT2D eigenvalue weighted by molar-refractivity contribution is 0.238. The van der Waals surface area contributed by atoms with Gasteiger partial charge >= 0.3 is 0 Å². The second-order valence-electron chi connectivity index (χ2n) is 5.07. The van der Waals surface area contributed by atoms with Crippen LogP contribution in [0.2, 0.25) is 0 Å². The number of ether oxygens (including phenoxy) is 1. The first-order valence-corrected chi connectivity index (χ1v) is 6.91. The molecule has 0 aromatic heterocycles. The van der Waals surface area contributed by atoms with E-state index in [4.69, 9.17) is 4.74 Å². The molecule has 1 unspecified atom stereocenters. The fourth-order valence-corrected chi connectivity index (χ4v) is 2.30. The zero-order chi connectivity index (χ0) is 15.4. The lowest BCUT2D eigenvalue weighted by atomic mass is 9.97. The lowest BCUT2D eigenvalue weighted by Gasteiger charge is -2.22. The van der Waals surface area contributed by atoms with Crippen LogP contribution in [-0.2, 0) is 0 Å². The van der Waals surface area contributed by atoms with Crippen LogP contribution in [-0.4, -0.2) is 13.2 Å². The van der Waals surface area contributed by atoms with Gasteiger partial charge in [0.25, 0.3) is 0 Å². The second kappa shape index (κ2) is 6.68. The molecule has 0 fully saturated rings. The Morgan fingerprint density at radius 3 is 2.29 bits per heavy atom. The van der Waals surface area contributed by atoms with Crippen molar-refractivity contribution in [1.82, 2.24) is 5.32 Å². The molecule has 2 aromatic carbocycles. The number of hydrogen-bond donors (Lipinski definition) is 1. The molecular formula is C17H19F2NO. The van der Waals surface area contributed by atoms with Crippen LogP contribution in [0.4, 0.5) is 8.78 Å². The van der Waals surface area contributed by atoms with E-state index in [1.807, 2.05) is 38.1 Å². The molecule has 0 aliphatic heterocycles. The molecule has 1 atom stereocenters. The van der Waals surface area contributed by atoms with Gasteiger partial charge in [0.15, 0.2) is 11.6 Å². The summed E-state index contributed by atoms with van der Waals surface area (Å²) in [4.78, 5) is 0. The van der Waals surface area contributed by atoms with Gasteiger partial charge in [0.05, 0.1) is 12.1 Å². The topological polar surface area (TPSA) is 21.3 Å². The van der Waals surface area contributed by atoms with Gasteiger partial charge in [-0.3, -0.25) is 0 Å². The highest BCUT2D eigenvalue weighted by molar-refractivity contribution is 5.42. The van der Waals surface area contributed by atoms with E-state index >= 15 is 0 Å². The Hall–Kier alpha value is -1.94. The second-order valence-corrected chi connectivity index (χ2v) is 5.07. The van der Waals surface area contributed by atoms with Crippen molar-refractivity contribution >= 4 is 0 Å². The van der Waals surface area contributed by atoms with E-state index < -0.39 is 17.7 Å². The third-order valence-corrected chi connectivity index (χ3v) is 3.17. The monoisotopic (exact) mass is 291 g/mol. The first-order valence-electron chi connectivity index (χ1n) is 6.91. The number of rotatable bonds is 5. The number of halogens is 2. The van der Waals surface area contributed by atoms with Crippen LogP contribution in [0.15, 0.2) is 42.5 Å². The molecule has 0 spiro atoms. The molecule has 21 heavy (non-hydrogen) atoms. The molecule has 0 aliphatic carbocycles. The van der Waals surface area contributed by atoms with Crippen molar-refractivity contribution in [2.24, 2.45) is 0 Å². The largest absolute Gasteiger partial charge is 0.491 e. The van der Waals surface area contributed by atoms with Crippen LogP contribution in [0.25, 0.3) is 0 Å². The molecule has 0 radical (unpaired) electrons. The molecule has 2 aromatic rings. The van der Waals surface area contributed by atoms with E-state index in [1.54, 1.807) is 13.1 Å². The summed E-state index contributed by atoms with van der Waals surface area (Å²) in [5, 5.41) is 3.03. The van der Waals surface area contributed by atoms with Gasteiger partial charge < -0.3 is 10.1 Å². The molecule has 0 bridgehead atoms. The maximum absolute atomic E-state index is 14.1. The maximum atomic E-state index is 14.1. The Balaban J connectivity index is 2.49. The van der Waals surface area contributed by atoms with Crippen molar-refractivity contribution in [3.63, 3.8) is 0 Å². The smallest absolute Gasteiger partial charge is 0.163 e. The Kier molecular flexibility index (Phi) is 4.91. The molecule has 112 valence electrons. The van der Waals surface area contributed by atoms with Crippen LogP contribution < -0.4 is 10.1 Å². The molecule has 2 nitrogen and oxygen atoms in total. The SMILES string of the molecule is CNC(c1ccccc1OC(C)C)c1cccc(F)c1F. The summed E-state index contributed by atoms with van der Waals surface area (Å²) in [6, 6.07) is 11.1. The van der Waals surface area contributed by atoms with E-state index in [-0.39, 0.29) is 11.7 Å². The molecule has 1 N–H and O–H groups in total. The van der Waals surface area contributed by atoms with Gasteiger partial charge in [0.1, 0.15) is 5.75 Å². The Morgan fingerprint density at radius 2 is 1.62 bits per heavy atom. The van der Waals surface area contributed by atoms with Crippen LogP contribution in [0.3, 0.4) is 0 Å². The highest BCUT2D eigenvalue weighted by Crippen LogP contribution is 2.32. The van der Waals surface area contributed by atoms with Gasteiger partial charge in [-0.25, -0.2) is 8.78 Å². The molecular weight excluding hydrogens is 272 g/mol. The average Bonchev–Trinajstić information content (AvgIpc) is 2.45. The van der Waals surface area contributed by atoms with E-state index in [0.717, 1.165) is 11.6 Å². The highest BCUT2D eigenvalue weighted by Gasteiger charge is 2.21. The summed E-state index contributed by atoms with van der Waals surface area (Å²) in [5.41, 5.74) is 1.04. The summed E-state index contributed by atoms with van der Waals surface area (Å²) in [5.74, 6) is -1.03. The zero-order valence-corrected chi connectivity index (χ0v) is 12.4. The van der Waals surface area contributed by atoms with Gasteiger partial charge in [-0.15, -0.1) is 0 Å². The van der Waals surface area contributed by atoms with Crippen LogP contribution >= 0.6 is 0 Å². The van der Waals surface area contributed by atoms with E-state index in [9.17, 15) is 8.78 Å². The van der Waals surface area contributed by atoms with Crippen LogP contribution in [0, 0.1) is 11.6 Å². The quantitative estimate of drug-likeness (QED) is 0.897. The highest BCUT2D eigenvalue weighted by atomic mass is 19.2. The first kappa shape index (κ1) is 15.4. The molecule has 4 heteroatoms. The van der Waals surface area contributed by atoms with Crippen molar-refractivity contribution in [2.45, 2.75) is 26.0 Å². The van der Waals surface area contributed by atoms with Crippen LogP contribution in [0.1, 0.15) is 31.0 Å². The fraction of sp³-hybridized carbons (Fsp3) is 0.294. The minimum Gasteiger partial charge on any atom is -0.491 e. The zero-order valence-electron chi connectivity index (χ0n) is 12.4. The normalized spacial score (nSPS) is 12.5. The van der Waals surface area contributed by atoms with Crippen molar-refractivity contribution in [1.29, 1.82) is 0 Å². The molecule has 0 saturated carbocycles. The third kappa shape index (κ3) is 3.39.